The second kappa shape index (κ2) is 4.68. The lowest BCUT2D eigenvalue weighted by Crippen LogP contribution is -2.03. The Bertz CT molecular complexity index is 689. The van der Waals surface area contributed by atoms with Gasteiger partial charge in [0.1, 0.15) is 11.3 Å². The minimum absolute atomic E-state index is 0.249. The van der Waals surface area contributed by atoms with E-state index in [4.69, 9.17) is 5.73 Å². The minimum atomic E-state index is 0.249. The van der Waals surface area contributed by atoms with Crippen LogP contribution in [0.15, 0.2) is 36.4 Å². The van der Waals surface area contributed by atoms with Crippen LogP contribution in [0.3, 0.4) is 0 Å². The number of aromatic amines is 1. The zero-order valence-corrected chi connectivity index (χ0v) is 10.7. The van der Waals surface area contributed by atoms with Crippen LogP contribution >= 0.6 is 0 Å². The molecule has 0 bridgehead atoms. The summed E-state index contributed by atoms with van der Waals surface area (Å²) in [5.41, 5.74) is 9.56. The lowest BCUT2D eigenvalue weighted by atomic mass is 9.89. The number of H-pyrrole nitrogens is 1. The molecular formula is C14H15N5. The molecule has 0 aliphatic heterocycles. The summed E-state index contributed by atoms with van der Waals surface area (Å²) in [6.45, 7) is 2.15. The Kier molecular flexibility index (Phi) is 2.87. The van der Waals surface area contributed by atoms with Crippen LogP contribution in [0.1, 0.15) is 30.4 Å². The highest BCUT2D eigenvalue weighted by Crippen LogP contribution is 2.32. The van der Waals surface area contributed by atoms with Gasteiger partial charge in [-0.15, -0.1) is 5.10 Å². The molecule has 3 aromatic rings. The first-order chi connectivity index (χ1) is 9.29. The van der Waals surface area contributed by atoms with Crippen molar-refractivity contribution in [1.29, 1.82) is 0 Å². The van der Waals surface area contributed by atoms with Crippen LogP contribution in [0.2, 0.25) is 0 Å². The van der Waals surface area contributed by atoms with Crippen molar-refractivity contribution in [3.63, 3.8) is 0 Å². The van der Waals surface area contributed by atoms with Crippen LogP contribution in [-0.4, -0.2) is 20.4 Å². The second-order valence-corrected chi connectivity index (χ2v) is 4.50. The number of nitrogens with one attached hydrogen (secondary N) is 1. The van der Waals surface area contributed by atoms with Gasteiger partial charge in [0.15, 0.2) is 0 Å². The molecule has 5 heteroatoms. The number of anilines is 1. The monoisotopic (exact) mass is 253 g/mol. The third-order valence-corrected chi connectivity index (χ3v) is 3.33. The first kappa shape index (κ1) is 11.6. The number of aromatic nitrogens is 4. The topological polar surface area (TPSA) is 80.5 Å². The van der Waals surface area contributed by atoms with Gasteiger partial charge in [-0.3, -0.25) is 0 Å². The van der Waals surface area contributed by atoms with E-state index in [1.165, 1.54) is 5.56 Å². The number of nitrogens with two attached hydrogens (primary N) is 1. The van der Waals surface area contributed by atoms with Crippen LogP contribution in [0.4, 0.5) is 5.82 Å². The van der Waals surface area contributed by atoms with E-state index in [1.807, 2.05) is 24.3 Å². The zero-order chi connectivity index (χ0) is 13.2. The maximum absolute atomic E-state index is 5.86. The number of rotatable bonds is 3. The van der Waals surface area contributed by atoms with Gasteiger partial charge in [0.05, 0.1) is 0 Å². The summed E-state index contributed by atoms with van der Waals surface area (Å²) >= 11 is 0. The van der Waals surface area contributed by atoms with Crippen LogP contribution in [0.25, 0.3) is 11.2 Å². The molecule has 0 amide bonds. The number of fused-ring (bicyclic) bond motifs is 1. The lowest BCUT2D eigenvalue weighted by Gasteiger charge is -2.16. The summed E-state index contributed by atoms with van der Waals surface area (Å²) in [4.78, 5) is 4.18. The molecular weight excluding hydrogens is 238 g/mol. The molecule has 96 valence electrons. The van der Waals surface area contributed by atoms with E-state index in [0.29, 0.717) is 11.5 Å². The molecule has 3 rings (SSSR count). The fourth-order valence-electron chi connectivity index (χ4n) is 2.47. The molecule has 3 N–H and O–H groups in total. The highest BCUT2D eigenvalue weighted by Gasteiger charge is 2.18. The van der Waals surface area contributed by atoms with Crippen molar-refractivity contribution in [2.75, 3.05) is 5.73 Å². The highest BCUT2D eigenvalue weighted by atomic mass is 15.3. The van der Waals surface area contributed by atoms with Gasteiger partial charge in [0.25, 0.3) is 0 Å². The maximum Gasteiger partial charge on any atom is 0.203 e. The Hall–Kier alpha value is -2.43. The molecule has 0 saturated heterocycles. The molecule has 1 aromatic carbocycles. The fraction of sp³-hybridized carbons (Fsp3) is 0.214. The summed E-state index contributed by atoms with van der Waals surface area (Å²) < 4.78 is 0. The van der Waals surface area contributed by atoms with E-state index < -0.39 is 0 Å². The fourth-order valence-corrected chi connectivity index (χ4v) is 2.47. The summed E-state index contributed by atoms with van der Waals surface area (Å²) in [5.74, 6) is 0.727. The highest BCUT2D eigenvalue weighted by molar-refractivity contribution is 5.77. The van der Waals surface area contributed by atoms with Crippen molar-refractivity contribution in [2.24, 2.45) is 0 Å². The predicted molar refractivity (Wildman–Crippen MR) is 74.7 cm³/mol. The average Bonchev–Trinajstić information content (AvgIpc) is 2.89. The standard InChI is InChI=1S/C14H15N5/c1-2-10(9-6-4-3-5-7-9)11-8-12(15)16-14-13(11)17-19-18-14/h3-8,10H,2H2,1H3,(H3,15,16,17,18,19). The minimum Gasteiger partial charge on any atom is -0.384 e. The van der Waals surface area contributed by atoms with Crippen molar-refractivity contribution in [3.05, 3.63) is 47.5 Å². The van der Waals surface area contributed by atoms with Crippen molar-refractivity contribution < 1.29 is 0 Å². The molecule has 0 aliphatic rings. The van der Waals surface area contributed by atoms with Crippen LogP contribution in [0.5, 0.6) is 0 Å². The SMILES string of the molecule is CCC(c1ccccc1)c1cc(N)nc2n[nH]nc12. The number of pyridine rings is 1. The van der Waals surface area contributed by atoms with Gasteiger partial charge in [-0.05, 0) is 23.6 Å². The number of hydrogen-bond donors (Lipinski definition) is 2. The summed E-state index contributed by atoms with van der Waals surface area (Å²) in [7, 11) is 0. The zero-order valence-electron chi connectivity index (χ0n) is 10.7. The van der Waals surface area contributed by atoms with Gasteiger partial charge in [-0.1, -0.05) is 37.3 Å². The second-order valence-electron chi connectivity index (χ2n) is 4.50. The number of nitrogens with zero attached hydrogens (tertiary/aromatic N) is 3. The van der Waals surface area contributed by atoms with Gasteiger partial charge in [0, 0.05) is 5.92 Å². The van der Waals surface area contributed by atoms with E-state index in [9.17, 15) is 0 Å². The van der Waals surface area contributed by atoms with Gasteiger partial charge >= 0.3 is 0 Å². The number of nitrogen functional groups attached to an aromatic ring is 1. The molecule has 1 atom stereocenters. The number of benzene rings is 1. The molecule has 0 saturated carbocycles. The molecule has 1 unspecified atom stereocenters. The molecule has 5 nitrogen and oxygen atoms in total. The van der Waals surface area contributed by atoms with Crippen LogP contribution in [-0.2, 0) is 0 Å². The molecule has 0 spiro atoms. The van der Waals surface area contributed by atoms with E-state index in [0.717, 1.165) is 17.5 Å². The Morgan fingerprint density at radius 3 is 2.74 bits per heavy atom. The molecule has 2 aromatic heterocycles. The smallest absolute Gasteiger partial charge is 0.203 e. The Morgan fingerprint density at radius 2 is 2.00 bits per heavy atom. The summed E-state index contributed by atoms with van der Waals surface area (Å²) in [5, 5.41) is 10.8. The van der Waals surface area contributed by atoms with Gasteiger partial charge < -0.3 is 5.73 Å². The quantitative estimate of drug-likeness (QED) is 0.751. The lowest BCUT2D eigenvalue weighted by molar-refractivity contribution is 0.780. The van der Waals surface area contributed by atoms with Crippen molar-refractivity contribution in [1.82, 2.24) is 20.4 Å². The Labute approximate surface area is 110 Å². The normalized spacial score (nSPS) is 12.7. The molecule has 0 aliphatic carbocycles. The van der Waals surface area contributed by atoms with Gasteiger partial charge in [-0.2, -0.15) is 10.3 Å². The Balaban J connectivity index is 2.19. The predicted octanol–water partition coefficient (Wildman–Crippen LogP) is 2.48. The molecule has 2 heterocycles. The average molecular weight is 253 g/mol. The third kappa shape index (κ3) is 2.03. The number of hydrogen-bond acceptors (Lipinski definition) is 4. The van der Waals surface area contributed by atoms with Crippen molar-refractivity contribution in [2.45, 2.75) is 19.3 Å². The van der Waals surface area contributed by atoms with E-state index in [2.05, 4.69) is 39.5 Å². The maximum atomic E-state index is 5.86. The van der Waals surface area contributed by atoms with Crippen LogP contribution in [0, 0.1) is 0 Å². The molecule has 0 fully saturated rings. The third-order valence-electron chi connectivity index (χ3n) is 3.33. The Morgan fingerprint density at radius 1 is 1.21 bits per heavy atom. The summed E-state index contributed by atoms with van der Waals surface area (Å²) in [6.07, 6.45) is 0.968. The van der Waals surface area contributed by atoms with E-state index in [1.54, 1.807) is 0 Å². The molecule has 0 radical (unpaired) electrons. The van der Waals surface area contributed by atoms with Crippen LogP contribution < -0.4 is 5.73 Å². The largest absolute Gasteiger partial charge is 0.384 e. The van der Waals surface area contributed by atoms with Crippen molar-refractivity contribution in [3.8, 4) is 0 Å². The first-order valence-electron chi connectivity index (χ1n) is 6.31. The van der Waals surface area contributed by atoms with E-state index in [-0.39, 0.29) is 5.92 Å². The van der Waals surface area contributed by atoms with Crippen molar-refractivity contribution >= 4 is 17.0 Å². The molecule has 19 heavy (non-hydrogen) atoms. The first-order valence-corrected chi connectivity index (χ1v) is 6.31. The van der Waals surface area contributed by atoms with Gasteiger partial charge in [0.2, 0.25) is 5.65 Å². The van der Waals surface area contributed by atoms with E-state index >= 15 is 0 Å². The summed E-state index contributed by atoms with van der Waals surface area (Å²) in [6, 6.07) is 12.2. The van der Waals surface area contributed by atoms with Gasteiger partial charge in [-0.25, -0.2) is 4.98 Å².